The minimum absolute atomic E-state index is 0.0652. The van der Waals surface area contributed by atoms with Crippen LogP contribution >= 0.6 is 0 Å². The van der Waals surface area contributed by atoms with E-state index in [1.54, 1.807) is 0 Å². The molecule has 6 heteroatoms. The summed E-state index contributed by atoms with van der Waals surface area (Å²) in [5, 5.41) is 15.2. The number of nitrogens with one attached hydrogen (secondary N) is 2. The molecule has 0 aromatic rings. The van der Waals surface area contributed by atoms with Crippen molar-refractivity contribution in [2.75, 3.05) is 19.8 Å². The number of amides is 1. The number of hydrogen-bond donors (Lipinski definition) is 3. The largest absolute Gasteiger partial charge is 0.479 e. The van der Waals surface area contributed by atoms with Gasteiger partial charge in [-0.25, -0.2) is 4.79 Å². The molecule has 2 unspecified atom stereocenters. The lowest BCUT2D eigenvalue weighted by atomic mass is 9.97. The smallest absolute Gasteiger partial charge is 0.331 e. The molecule has 3 N–H and O–H groups in total. The molecule has 6 nitrogen and oxygen atoms in total. The average Bonchev–Trinajstić information content (AvgIpc) is 2.87. The number of carbonyl (C=O) groups is 2. The summed E-state index contributed by atoms with van der Waals surface area (Å²) in [5.41, 5.74) is -1.21. The third-order valence-electron chi connectivity index (χ3n) is 3.94. The molecule has 0 aromatic carbocycles. The van der Waals surface area contributed by atoms with Gasteiger partial charge in [0, 0.05) is 25.5 Å². The van der Waals surface area contributed by atoms with Gasteiger partial charge in [0.1, 0.15) is 0 Å². The Morgan fingerprint density at radius 1 is 1.42 bits per heavy atom. The van der Waals surface area contributed by atoms with Gasteiger partial charge in [-0.15, -0.1) is 0 Å². The molecule has 0 spiro atoms. The van der Waals surface area contributed by atoms with Crippen LogP contribution in [0.5, 0.6) is 0 Å². The van der Waals surface area contributed by atoms with E-state index >= 15 is 0 Å². The number of rotatable bonds is 5. The van der Waals surface area contributed by atoms with Gasteiger partial charge in [-0.3, -0.25) is 4.79 Å². The van der Waals surface area contributed by atoms with Crippen LogP contribution in [0.2, 0.25) is 0 Å². The molecular weight excluding hydrogens is 248 g/mol. The highest BCUT2D eigenvalue weighted by Gasteiger charge is 2.43. The first-order valence-electron chi connectivity index (χ1n) is 6.98. The van der Waals surface area contributed by atoms with Crippen LogP contribution in [-0.2, 0) is 14.3 Å². The first-order valence-corrected chi connectivity index (χ1v) is 6.98. The normalized spacial score (nSPS) is 31.1. The fourth-order valence-corrected chi connectivity index (χ4v) is 2.69. The fourth-order valence-electron chi connectivity index (χ4n) is 2.69. The van der Waals surface area contributed by atoms with E-state index < -0.39 is 11.5 Å². The lowest BCUT2D eigenvalue weighted by Crippen LogP contribution is -2.55. The zero-order valence-corrected chi connectivity index (χ0v) is 11.1. The summed E-state index contributed by atoms with van der Waals surface area (Å²) in [6.07, 6.45) is 4.97. The molecule has 2 aliphatic heterocycles. The summed E-state index contributed by atoms with van der Waals surface area (Å²) in [7, 11) is 0. The molecule has 108 valence electrons. The molecule has 2 aliphatic rings. The Labute approximate surface area is 112 Å². The van der Waals surface area contributed by atoms with Crippen molar-refractivity contribution in [3.05, 3.63) is 0 Å². The molecular formula is C13H22N2O4. The summed E-state index contributed by atoms with van der Waals surface area (Å²) >= 11 is 0. The van der Waals surface area contributed by atoms with Crippen LogP contribution in [0.3, 0.4) is 0 Å². The lowest BCUT2D eigenvalue weighted by Gasteiger charge is -2.26. The summed E-state index contributed by atoms with van der Waals surface area (Å²) in [6, 6.07) is 0.389. The molecule has 2 rings (SSSR count). The summed E-state index contributed by atoms with van der Waals surface area (Å²) in [6.45, 7) is 1.46. The molecule has 1 amide bonds. The van der Waals surface area contributed by atoms with Gasteiger partial charge in [-0.2, -0.15) is 0 Å². The van der Waals surface area contributed by atoms with E-state index in [-0.39, 0.29) is 12.5 Å². The summed E-state index contributed by atoms with van der Waals surface area (Å²) < 4.78 is 5.11. The van der Waals surface area contributed by atoms with Gasteiger partial charge in [0.15, 0.2) is 5.54 Å². The second kappa shape index (κ2) is 6.34. The molecule has 0 aliphatic carbocycles. The van der Waals surface area contributed by atoms with Crippen LogP contribution in [0.1, 0.15) is 38.5 Å². The Morgan fingerprint density at radius 3 is 2.84 bits per heavy atom. The number of aliphatic carboxylic acids is 1. The van der Waals surface area contributed by atoms with Crippen LogP contribution < -0.4 is 10.6 Å². The average molecular weight is 270 g/mol. The van der Waals surface area contributed by atoms with Crippen molar-refractivity contribution in [2.24, 2.45) is 0 Å². The Kier molecular flexibility index (Phi) is 4.76. The van der Waals surface area contributed by atoms with Crippen molar-refractivity contribution < 1.29 is 19.4 Å². The van der Waals surface area contributed by atoms with Crippen molar-refractivity contribution >= 4 is 11.9 Å². The van der Waals surface area contributed by atoms with Gasteiger partial charge in [-0.1, -0.05) is 6.42 Å². The van der Waals surface area contributed by atoms with Gasteiger partial charge in [0.05, 0.1) is 6.61 Å². The van der Waals surface area contributed by atoms with Crippen molar-refractivity contribution in [2.45, 2.75) is 50.1 Å². The summed E-state index contributed by atoms with van der Waals surface area (Å²) in [5.74, 6) is -1.20. The Hall–Kier alpha value is -1.14. The number of ether oxygens (including phenoxy) is 1. The Morgan fingerprint density at radius 2 is 2.26 bits per heavy atom. The van der Waals surface area contributed by atoms with Gasteiger partial charge in [-0.05, 0) is 25.8 Å². The van der Waals surface area contributed by atoms with Crippen LogP contribution in [0.4, 0.5) is 0 Å². The zero-order valence-electron chi connectivity index (χ0n) is 11.1. The third-order valence-corrected chi connectivity index (χ3v) is 3.94. The first-order chi connectivity index (χ1) is 9.12. The molecule has 2 saturated heterocycles. The van der Waals surface area contributed by atoms with Crippen molar-refractivity contribution in [3.8, 4) is 0 Å². The number of carboxylic acid groups (broad SMARTS) is 1. The van der Waals surface area contributed by atoms with Crippen molar-refractivity contribution in [1.29, 1.82) is 0 Å². The maximum absolute atomic E-state index is 11.9. The second-order valence-corrected chi connectivity index (χ2v) is 5.42. The van der Waals surface area contributed by atoms with E-state index in [1.807, 2.05) is 0 Å². The number of hydrogen-bond acceptors (Lipinski definition) is 4. The van der Waals surface area contributed by atoms with E-state index in [4.69, 9.17) is 4.74 Å². The topological polar surface area (TPSA) is 87.7 Å². The lowest BCUT2D eigenvalue weighted by molar-refractivity contribution is -0.147. The van der Waals surface area contributed by atoms with Crippen LogP contribution in [0.15, 0.2) is 0 Å². The predicted octanol–water partition coefficient (Wildman–Crippen LogP) is 0.269. The highest BCUT2D eigenvalue weighted by molar-refractivity contribution is 5.87. The van der Waals surface area contributed by atoms with E-state index in [0.29, 0.717) is 25.5 Å². The maximum atomic E-state index is 11.9. The molecule has 2 fully saturated rings. The molecule has 2 heterocycles. The van der Waals surface area contributed by atoms with Crippen molar-refractivity contribution in [1.82, 2.24) is 10.6 Å². The maximum Gasteiger partial charge on any atom is 0.331 e. The number of carboxylic acids is 1. The fraction of sp³-hybridized carbons (Fsp3) is 0.846. The van der Waals surface area contributed by atoms with Gasteiger partial charge in [0.25, 0.3) is 0 Å². The van der Waals surface area contributed by atoms with E-state index in [1.165, 1.54) is 12.8 Å². The third kappa shape index (κ3) is 3.67. The first kappa shape index (κ1) is 14.3. The molecule has 0 saturated carbocycles. The quantitative estimate of drug-likeness (QED) is 0.667. The SMILES string of the molecule is O=C(CCC1CCCCN1)NC1(C(=O)O)CCOC1. The summed E-state index contributed by atoms with van der Waals surface area (Å²) in [4.78, 5) is 23.2. The van der Waals surface area contributed by atoms with Gasteiger partial charge >= 0.3 is 5.97 Å². The van der Waals surface area contributed by atoms with Gasteiger partial charge in [0.2, 0.25) is 5.91 Å². The van der Waals surface area contributed by atoms with Crippen LogP contribution in [-0.4, -0.2) is 48.3 Å². The highest BCUT2D eigenvalue weighted by Crippen LogP contribution is 2.19. The highest BCUT2D eigenvalue weighted by atomic mass is 16.5. The monoisotopic (exact) mass is 270 g/mol. The minimum atomic E-state index is -1.21. The zero-order chi connectivity index (χ0) is 13.7. The number of piperidine rings is 1. The molecule has 0 aromatic heterocycles. The van der Waals surface area contributed by atoms with E-state index in [9.17, 15) is 14.7 Å². The Bertz CT molecular complexity index is 334. The van der Waals surface area contributed by atoms with Gasteiger partial charge < -0.3 is 20.5 Å². The van der Waals surface area contributed by atoms with Crippen LogP contribution in [0.25, 0.3) is 0 Å². The standard InChI is InChI=1S/C13H22N2O4/c16-11(5-4-10-3-1-2-7-14-10)15-13(12(17)18)6-8-19-9-13/h10,14H,1-9H2,(H,15,16)(H,17,18). The molecule has 19 heavy (non-hydrogen) atoms. The molecule has 0 radical (unpaired) electrons. The van der Waals surface area contributed by atoms with E-state index in [0.717, 1.165) is 19.4 Å². The number of carbonyl (C=O) groups excluding carboxylic acids is 1. The second-order valence-electron chi connectivity index (χ2n) is 5.42. The van der Waals surface area contributed by atoms with Crippen LogP contribution in [0, 0.1) is 0 Å². The minimum Gasteiger partial charge on any atom is -0.479 e. The van der Waals surface area contributed by atoms with E-state index in [2.05, 4.69) is 10.6 Å². The van der Waals surface area contributed by atoms with Crippen molar-refractivity contribution in [3.63, 3.8) is 0 Å². The molecule has 2 atom stereocenters. The molecule has 0 bridgehead atoms. The Balaban J connectivity index is 1.78. The predicted molar refractivity (Wildman–Crippen MR) is 68.8 cm³/mol.